The van der Waals surface area contributed by atoms with Crippen LogP contribution in [0.5, 0.6) is 0 Å². The maximum Gasteiger partial charge on any atom is 0.306 e. The molecule has 3 unspecified atom stereocenters. The van der Waals surface area contributed by atoms with E-state index in [1.165, 1.54) is 244 Å². The molecule has 3 atom stereocenters. The molecule has 6 heteroatoms. The van der Waals surface area contributed by atoms with E-state index in [0.717, 1.165) is 38.5 Å². The van der Waals surface area contributed by atoms with Crippen molar-refractivity contribution in [3.63, 3.8) is 0 Å². The minimum atomic E-state index is -0.779. The topological polar surface area (TPSA) is 95.9 Å². The second-order valence-corrected chi connectivity index (χ2v) is 20.1. The molecule has 0 saturated carbocycles. The zero-order valence-corrected chi connectivity index (χ0v) is 43.0. The molecule has 376 valence electrons. The number of aliphatic hydroxyl groups excluding tert-OH is 2. The molecule has 0 rings (SSSR count). The Morgan fingerprint density at radius 1 is 0.397 bits per heavy atom. The molecule has 0 aliphatic rings. The number of rotatable bonds is 53. The maximum absolute atomic E-state index is 13.2. The number of carbonyl (C=O) groups is 2. The highest BCUT2D eigenvalue weighted by atomic mass is 16.5. The molecule has 0 aliphatic carbocycles. The number of amides is 1. The average molecular weight is 893 g/mol. The van der Waals surface area contributed by atoms with Crippen LogP contribution in [0.2, 0.25) is 0 Å². The van der Waals surface area contributed by atoms with Crippen LogP contribution in [-0.2, 0) is 14.3 Å². The van der Waals surface area contributed by atoms with Crippen molar-refractivity contribution >= 4 is 11.9 Å². The van der Waals surface area contributed by atoms with Crippen LogP contribution >= 0.6 is 0 Å². The van der Waals surface area contributed by atoms with Crippen LogP contribution < -0.4 is 5.32 Å². The minimum Gasteiger partial charge on any atom is -0.462 e. The molecule has 0 bridgehead atoms. The molecular formula is C57H113NO5. The number of ether oxygens (including phenoxy) is 1. The SMILES string of the molecule is CCCCCCCCCCCCCCCCCCCCCC(=O)OC(CCCCCCCCCCCCCCCCCC)CC(=O)NC(CO)C(O)CCCCCCCCCCC. The standard InChI is InChI=1S/C57H113NO5/c1-4-7-10-13-16-19-21-23-25-27-28-29-31-33-35-38-41-44-47-50-57(62)63-53(48-45-42-39-37-34-32-30-26-24-22-20-17-14-11-8-5-2)51-56(61)58-54(52-59)55(60)49-46-43-40-36-18-15-12-9-6-3/h53-55,59-60H,4-52H2,1-3H3,(H,58,61). The molecule has 6 nitrogen and oxygen atoms in total. The van der Waals surface area contributed by atoms with Gasteiger partial charge >= 0.3 is 5.97 Å². The zero-order valence-electron chi connectivity index (χ0n) is 43.0. The number of esters is 1. The van der Waals surface area contributed by atoms with Gasteiger partial charge in [0, 0.05) is 6.42 Å². The summed E-state index contributed by atoms with van der Waals surface area (Å²) >= 11 is 0. The molecule has 0 radical (unpaired) electrons. The largest absolute Gasteiger partial charge is 0.462 e. The van der Waals surface area contributed by atoms with Gasteiger partial charge in [0.2, 0.25) is 5.91 Å². The molecule has 0 saturated heterocycles. The first kappa shape index (κ1) is 61.9. The van der Waals surface area contributed by atoms with Gasteiger partial charge in [-0.2, -0.15) is 0 Å². The normalized spacial score (nSPS) is 13.0. The Hall–Kier alpha value is -1.14. The van der Waals surface area contributed by atoms with Gasteiger partial charge in [-0.05, 0) is 25.7 Å². The van der Waals surface area contributed by atoms with Gasteiger partial charge in [0.15, 0.2) is 0 Å². The lowest BCUT2D eigenvalue weighted by molar-refractivity contribution is -0.151. The van der Waals surface area contributed by atoms with Gasteiger partial charge in [0.05, 0.1) is 25.2 Å². The smallest absolute Gasteiger partial charge is 0.306 e. The third-order valence-corrected chi connectivity index (χ3v) is 13.7. The van der Waals surface area contributed by atoms with Crippen molar-refractivity contribution in [3.05, 3.63) is 0 Å². The van der Waals surface area contributed by atoms with Crippen LogP contribution in [0.15, 0.2) is 0 Å². The number of hydrogen-bond acceptors (Lipinski definition) is 5. The summed E-state index contributed by atoms with van der Waals surface area (Å²) in [5.74, 6) is -0.446. The van der Waals surface area contributed by atoms with Crippen molar-refractivity contribution in [2.24, 2.45) is 0 Å². The van der Waals surface area contributed by atoms with E-state index >= 15 is 0 Å². The van der Waals surface area contributed by atoms with Gasteiger partial charge in [-0.25, -0.2) is 0 Å². The highest BCUT2D eigenvalue weighted by Gasteiger charge is 2.24. The Labute approximate surface area is 394 Å². The van der Waals surface area contributed by atoms with Crippen molar-refractivity contribution < 1.29 is 24.5 Å². The van der Waals surface area contributed by atoms with E-state index in [1.54, 1.807) is 0 Å². The first-order valence-corrected chi connectivity index (χ1v) is 28.8. The van der Waals surface area contributed by atoms with Gasteiger partial charge in [0.1, 0.15) is 6.10 Å². The lowest BCUT2D eigenvalue weighted by Gasteiger charge is -2.24. The van der Waals surface area contributed by atoms with E-state index in [4.69, 9.17) is 4.74 Å². The van der Waals surface area contributed by atoms with E-state index in [0.29, 0.717) is 19.3 Å². The van der Waals surface area contributed by atoms with Crippen molar-refractivity contribution in [3.8, 4) is 0 Å². The first-order chi connectivity index (χ1) is 31.0. The lowest BCUT2D eigenvalue weighted by atomic mass is 10.0. The fraction of sp³-hybridized carbons (Fsp3) is 0.965. The summed E-state index contributed by atoms with van der Waals surface area (Å²) in [5, 5.41) is 23.8. The van der Waals surface area contributed by atoms with Crippen molar-refractivity contribution in [2.75, 3.05) is 6.61 Å². The van der Waals surface area contributed by atoms with Crippen molar-refractivity contribution in [1.82, 2.24) is 5.32 Å². The number of aliphatic hydroxyl groups is 2. The van der Waals surface area contributed by atoms with E-state index in [9.17, 15) is 19.8 Å². The van der Waals surface area contributed by atoms with Crippen LogP contribution in [0, 0.1) is 0 Å². The van der Waals surface area contributed by atoms with Crippen LogP contribution in [0.3, 0.4) is 0 Å². The van der Waals surface area contributed by atoms with Gasteiger partial charge in [-0.1, -0.05) is 290 Å². The van der Waals surface area contributed by atoms with Gasteiger partial charge in [-0.15, -0.1) is 0 Å². The van der Waals surface area contributed by atoms with Gasteiger partial charge in [0.25, 0.3) is 0 Å². The quantitative estimate of drug-likeness (QED) is 0.0418. The molecule has 0 fully saturated rings. The zero-order chi connectivity index (χ0) is 45.9. The highest BCUT2D eigenvalue weighted by molar-refractivity contribution is 5.77. The molecule has 0 aliphatic heterocycles. The minimum absolute atomic E-state index is 0.0882. The Balaban J connectivity index is 4.43. The Morgan fingerprint density at radius 2 is 0.667 bits per heavy atom. The predicted molar refractivity (Wildman–Crippen MR) is 274 cm³/mol. The first-order valence-electron chi connectivity index (χ1n) is 28.8. The molecule has 0 aromatic rings. The summed E-state index contributed by atoms with van der Waals surface area (Å²) in [6.07, 6.45) is 57.5. The second kappa shape index (κ2) is 51.8. The number of hydrogen-bond donors (Lipinski definition) is 3. The average Bonchev–Trinajstić information content (AvgIpc) is 3.28. The van der Waals surface area contributed by atoms with E-state index < -0.39 is 18.2 Å². The third-order valence-electron chi connectivity index (χ3n) is 13.7. The summed E-state index contributed by atoms with van der Waals surface area (Å²) in [6.45, 7) is 6.52. The molecule has 0 aromatic heterocycles. The Kier molecular flexibility index (Phi) is 50.9. The Bertz CT molecular complexity index is 913. The van der Waals surface area contributed by atoms with E-state index in [2.05, 4.69) is 26.1 Å². The van der Waals surface area contributed by atoms with Crippen LogP contribution in [0.4, 0.5) is 0 Å². The molecule has 3 N–H and O–H groups in total. The fourth-order valence-corrected chi connectivity index (χ4v) is 9.32. The molecule has 0 heterocycles. The van der Waals surface area contributed by atoms with Gasteiger partial charge < -0.3 is 20.3 Å². The van der Waals surface area contributed by atoms with E-state index in [-0.39, 0.29) is 24.9 Å². The number of carbonyl (C=O) groups excluding carboxylic acids is 2. The number of unbranched alkanes of at least 4 members (excludes halogenated alkanes) is 41. The molecule has 0 aromatic carbocycles. The predicted octanol–water partition coefficient (Wildman–Crippen LogP) is 17.5. The van der Waals surface area contributed by atoms with Crippen LogP contribution in [-0.4, -0.2) is 46.9 Å². The molecule has 1 amide bonds. The summed E-state index contributed by atoms with van der Waals surface area (Å²) in [4.78, 5) is 26.2. The molecular weight excluding hydrogens is 779 g/mol. The summed E-state index contributed by atoms with van der Waals surface area (Å²) in [5.41, 5.74) is 0. The second-order valence-electron chi connectivity index (χ2n) is 20.1. The maximum atomic E-state index is 13.2. The Morgan fingerprint density at radius 3 is 0.968 bits per heavy atom. The van der Waals surface area contributed by atoms with Gasteiger partial charge in [-0.3, -0.25) is 9.59 Å². The van der Waals surface area contributed by atoms with E-state index in [1.807, 2.05) is 0 Å². The van der Waals surface area contributed by atoms with Crippen molar-refractivity contribution in [2.45, 2.75) is 347 Å². The summed E-state index contributed by atoms with van der Waals surface area (Å²) in [7, 11) is 0. The van der Waals surface area contributed by atoms with Crippen molar-refractivity contribution in [1.29, 1.82) is 0 Å². The summed E-state index contributed by atoms with van der Waals surface area (Å²) in [6, 6.07) is -0.692. The van der Waals surface area contributed by atoms with Crippen LogP contribution in [0.1, 0.15) is 329 Å². The molecule has 0 spiro atoms. The van der Waals surface area contributed by atoms with Crippen LogP contribution in [0.25, 0.3) is 0 Å². The molecule has 63 heavy (non-hydrogen) atoms. The monoisotopic (exact) mass is 892 g/mol. The lowest BCUT2D eigenvalue weighted by Crippen LogP contribution is -2.46. The highest BCUT2D eigenvalue weighted by Crippen LogP contribution is 2.19. The summed E-state index contributed by atoms with van der Waals surface area (Å²) < 4.78 is 5.97. The fourth-order valence-electron chi connectivity index (χ4n) is 9.32. The third kappa shape index (κ3) is 47.2. The number of nitrogens with one attached hydrogen (secondary N) is 1.